The first-order chi connectivity index (χ1) is 9.20. The van der Waals surface area contributed by atoms with Crippen LogP contribution >= 0.6 is 11.8 Å². The number of nitriles is 1. The Morgan fingerprint density at radius 2 is 2.11 bits per heavy atom. The number of hydrogen-bond acceptors (Lipinski definition) is 6. The Morgan fingerprint density at radius 1 is 1.37 bits per heavy atom. The number of ether oxygens (including phenoxy) is 1. The highest BCUT2D eigenvalue weighted by Gasteiger charge is 2.10. The molecule has 0 unspecified atom stereocenters. The van der Waals surface area contributed by atoms with E-state index in [9.17, 15) is 4.39 Å². The summed E-state index contributed by atoms with van der Waals surface area (Å²) in [6, 6.07) is 7.60. The lowest BCUT2D eigenvalue weighted by Crippen LogP contribution is -2.15. The van der Waals surface area contributed by atoms with E-state index in [-0.39, 0.29) is 18.2 Å². The summed E-state index contributed by atoms with van der Waals surface area (Å²) in [5, 5.41) is 16.6. The van der Waals surface area contributed by atoms with Crippen molar-refractivity contribution in [2.24, 2.45) is 0 Å². The van der Waals surface area contributed by atoms with Crippen LogP contribution in [0.4, 0.5) is 4.39 Å². The number of halogens is 1. The lowest BCUT2D eigenvalue weighted by molar-refractivity contribution is 0.291. The van der Waals surface area contributed by atoms with Crippen molar-refractivity contribution in [2.75, 3.05) is 11.6 Å². The molecule has 6 nitrogen and oxygen atoms in total. The highest BCUT2D eigenvalue weighted by Crippen LogP contribution is 2.16. The SMILES string of the molecule is N#CCSc1nnc(COc2ccc(F)cc2)n1N. The van der Waals surface area contributed by atoms with Crippen molar-refractivity contribution in [3.63, 3.8) is 0 Å². The lowest BCUT2D eigenvalue weighted by Gasteiger charge is -2.05. The molecule has 2 N–H and O–H groups in total. The van der Waals surface area contributed by atoms with Gasteiger partial charge >= 0.3 is 0 Å². The van der Waals surface area contributed by atoms with Gasteiger partial charge in [-0.05, 0) is 24.3 Å². The van der Waals surface area contributed by atoms with Crippen LogP contribution in [0.15, 0.2) is 29.4 Å². The number of aromatic nitrogens is 3. The Balaban J connectivity index is 1.98. The van der Waals surface area contributed by atoms with Gasteiger partial charge in [-0.3, -0.25) is 0 Å². The normalized spacial score (nSPS) is 10.1. The van der Waals surface area contributed by atoms with Crippen molar-refractivity contribution >= 4 is 11.8 Å². The van der Waals surface area contributed by atoms with E-state index in [0.717, 1.165) is 0 Å². The average Bonchev–Trinajstić information content (AvgIpc) is 2.77. The van der Waals surface area contributed by atoms with Gasteiger partial charge in [0, 0.05) is 0 Å². The van der Waals surface area contributed by atoms with Gasteiger partial charge in [-0.25, -0.2) is 9.07 Å². The molecule has 1 aromatic heterocycles. The summed E-state index contributed by atoms with van der Waals surface area (Å²) in [7, 11) is 0. The zero-order valence-electron chi connectivity index (χ0n) is 9.78. The predicted octanol–water partition coefficient (Wildman–Crippen LogP) is 1.33. The standard InChI is InChI=1S/C11H10FN5OS/c12-8-1-3-9(4-2-8)18-7-10-15-16-11(17(10)14)19-6-5-13/h1-4H,6-7,14H2. The Morgan fingerprint density at radius 3 is 2.79 bits per heavy atom. The molecular weight excluding hydrogens is 269 g/mol. The maximum Gasteiger partial charge on any atom is 0.210 e. The second kappa shape index (κ2) is 6.06. The number of nitrogens with two attached hydrogens (primary N) is 1. The second-order valence-corrected chi connectivity index (χ2v) is 4.40. The van der Waals surface area contributed by atoms with E-state index in [2.05, 4.69) is 10.2 Å². The Bertz CT molecular complexity index is 592. The molecule has 98 valence electrons. The third-order valence-corrected chi connectivity index (χ3v) is 2.99. The minimum Gasteiger partial charge on any atom is -0.486 e. The largest absolute Gasteiger partial charge is 0.486 e. The van der Waals surface area contributed by atoms with E-state index in [1.165, 1.54) is 40.7 Å². The van der Waals surface area contributed by atoms with Gasteiger partial charge in [-0.1, -0.05) is 11.8 Å². The van der Waals surface area contributed by atoms with Crippen LogP contribution in [0.5, 0.6) is 5.75 Å². The monoisotopic (exact) mass is 279 g/mol. The van der Waals surface area contributed by atoms with Crippen molar-refractivity contribution in [1.29, 1.82) is 5.26 Å². The van der Waals surface area contributed by atoms with Crippen LogP contribution in [0.1, 0.15) is 5.82 Å². The minimum atomic E-state index is -0.329. The summed E-state index contributed by atoms with van der Waals surface area (Å²) in [6.07, 6.45) is 0. The van der Waals surface area contributed by atoms with E-state index in [4.69, 9.17) is 15.8 Å². The van der Waals surface area contributed by atoms with Crippen LogP contribution in [0.25, 0.3) is 0 Å². The lowest BCUT2D eigenvalue weighted by atomic mass is 10.3. The van der Waals surface area contributed by atoms with Crippen molar-refractivity contribution in [2.45, 2.75) is 11.8 Å². The molecule has 0 saturated carbocycles. The summed E-state index contributed by atoms with van der Waals surface area (Å²) < 4.78 is 19.4. The van der Waals surface area contributed by atoms with Crippen molar-refractivity contribution in [3.05, 3.63) is 35.9 Å². The van der Waals surface area contributed by atoms with Crippen LogP contribution < -0.4 is 10.6 Å². The molecule has 0 aliphatic carbocycles. The quantitative estimate of drug-likeness (QED) is 0.656. The smallest absolute Gasteiger partial charge is 0.210 e. The molecule has 0 aliphatic rings. The summed E-state index contributed by atoms with van der Waals surface area (Å²) in [5.41, 5.74) is 0. The summed E-state index contributed by atoms with van der Waals surface area (Å²) in [6.45, 7) is 0.113. The Kier molecular flexibility index (Phi) is 4.20. The summed E-state index contributed by atoms with van der Waals surface area (Å²) in [5.74, 6) is 6.60. The van der Waals surface area contributed by atoms with Crippen molar-refractivity contribution in [1.82, 2.24) is 14.9 Å². The molecule has 0 spiro atoms. The number of hydrogen-bond donors (Lipinski definition) is 1. The van der Waals surface area contributed by atoms with Crippen LogP contribution in [0.2, 0.25) is 0 Å². The first kappa shape index (κ1) is 13.2. The predicted molar refractivity (Wildman–Crippen MR) is 67.2 cm³/mol. The molecule has 19 heavy (non-hydrogen) atoms. The summed E-state index contributed by atoms with van der Waals surface area (Å²) in [4.78, 5) is 0. The maximum atomic E-state index is 12.7. The Labute approximate surface area is 113 Å². The van der Waals surface area contributed by atoms with Crippen molar-refractivity contribution in [3.8, 4) is 11.8 Å². The van der Waals surface area contributed by atoms with Gasteiger partial charge in [0.1, 0.15) is 18.2 Å². The molecule has 0 amide bonds. The van der Waals surface area contributed by atoms with Crippen molar-refractivity contribution < 1.29 is 9.13 Å². The number of rotatable bonds is 5. The zero-order chi connectivity index (χ0) is 13.7. The summed E-state index contributed by atoms with van der Waals surface area (Å²) >= 11 is 1.19. The molecule has 0 atom stereocenters. The number of nitrogens with zero attached hydrogens (tertiary/aromatic N) is 4. The molecule has 0 bridgehead atoms. The van der Waals surface area contributed by atoms with Gasteiger partial charge in [0.15, 0.2) is 5.82 Å². The highest BCUT2D eigenvalue weighted by molar-refractivity contribution is 7.99. The number of benzene rings is 1. The number of nitrogen functional groups attached to an aromatic ring is 1. The molecule has 0 radical (unpaired) electrons. The average molecular weight is 279 g/mol. The van der Waals surface area contributed by atoms with E-state index >= 15 is 0 Å². The van der Waals surface area contributed by atoms with E-state index in [0.29, 0.717) is 16.7 Å². The molecule has 2 rings (SSSR count). The molecule has 2 aromatic rings. The minimum absolute atomic E-state index is 0.113. The van der Waals surface area contributed by atoms with Gasteiger partial charge in [0.05, 0.1) is 11.8 Å². The highest BCUT2D eigenvalue weighted by atomic mass is 32.2. The zero-order valence-corrected chi connectivity index (χ0v) is 10.6. The van der Waals surface area contributed by atoms with Crippen LogP contribution in [-0.4, -0.2) is 20.6 Å². The van der Waals surface area contributed by atoms with Crippen LogP contribution in [0, 0.1) is 17.1 Å². The van der Waals surface area contributed by atoms with Gasteiger partial charge in [0.2, 0.25) is 5.16 Å². The van der Waals surface area contributed by atoms with Gasteiger partial charge < -0.3 is 10.6 Å². The van der Waals surface area contributed by atoms with Gasteiger partial charge in [-0.15, -0.1) is 10.2 Å². The fourth-order valence-corrected chi connectivity index (χ4v) is 1.82. The molecular formula is C11H10FN5OS. The first-order valence-corrected chi connectivity index (χ1v) is 6.26. The molecule has 0 aliphatic heterocycles. The Hall–Kier alpha value is -2.27. The van der Waals surface area contributed by atoms with Gasteiger partial charge in [-0.2, -0.15) is 5.26 Å². The van der Waals surface area contributed by atoms with Gasteiger partial charge in [0.25, 0.3) is 0 Å². The van der Waals surface area contributed by atoms with Crippen LogP contribution in [0.3, 0.4) is 0 Å². The number of thioether (sulfide) groups is 1. The molecule has 1 aromatic carbocycles. The first-order valence-electron chi connectivity index (χ1n) is 5.28. The third-order valence-electron chi connectivity index (χ3n) is 2.18. The topological polar surface area (TPSA) is 89.8 Å². The fourth-order valence-electron chi connectivity index (χ4n) is 1.28. The second-order valence-electron chi connectivity index (χ2n) is 3.46. The van der Waals surface area contributed by atoms with Crippen LogP contribution in [-0.2, 0) is 6.61 Å². The van der Waals surface area contributed by atoms with E-state index in [1.54, 1.807) is 0 Å². The third kappa shape index (κ3) is 3.35. The molecule has 1 heterocycles. The molecule has 8 heteroatoms. The van der Waals surface area contributed by atoms with E-state index < -0.39 is 0 Å². The fraction of sp³-hybridized carbons (Fsp3) is 0.182. The molecule has 0 saturated heterocycles. The van der Waals surface area contributed by atoms with E-state index in [1.807, 2.05) is 6.07 Å². The maximum absolute atomic E-state index is 12.7. The molecule has 0 fully saturated rings.